The van der Waals surface area contributed by atoms with Gasteiger partial charge in [-0.05, 0) is 25.1 Å². The zero-order valence-corrected chi connectivity index (χ0v) is 14.5. The Bertz CT molecular complexity index is 759. The van der Waals surface area contributed by atoms with E-state index < -0.39 is 38.8 Å². The molecule has 0 saturated carbocycles. The predicted octanol–water partition coefficient (Wildman–Crippen LogP) is 0.565. The summed E-state index contributed by atoms with van der Waals surface area (Å²) in [5.74, 6) is -2.71. The van der Waals surface area contributed by atoms with Crippen molar-refractivity contribution in [2.75, 3.05) is 33.4 Å². The Morgan fingerprint density at radius 1 is 1.28 bits per heavy atom. The molecule has 138 valence electrons. The Hall–Kier alpha value is -2.04. The van der Waals surface area contributed by atoms with Crippen LogP contribution in [-0.2, 0) is 29.0 Å². The van der Waals surface area contributed by atoms with Crippen molar-refractivity contribution in [2.45, 2.75) is 17.9 Å². The summed E-state index contributed by atoms with van der Waals surface area (Å²) in [6.07, 6.45) is -1.18. The van der Waals surface area contributed by atoms with Gasteiger partial charge in [0.25, 0.3) is 0 Å². The molecule has 0 radical (unpaired) electrons. The molecule has 1 heterocycles. The molecule has 1 aromatic rings. The van der Waals surface area contributed by atoms with Gasteiger partial charge in [0, 0.05) is 13.1 Å². The molecule has 0 spiro atoms. The smallest absolute Gasteiger partial charge is 0.346 e. The van der Waals surface area contributed by atoms with E-state index in [0.717, 1.165) is 29.6 Å². The lowest BCUT2D eigenvalue weighted by molar-refractivity contribution is -0.149. The lowest BCUT2D eigenvalue weighted by atomic mass is 10.2. The molecule has 1 fully saturated rings. The van der Waals surface area contributed by atoms with E-state index in [-0.39, 0.29) is 31.9 Å². The molecule has 0 unspecified atom stereocenters. The van der Waals surface area contributed by atoms with Crippen molar-refractivity contribution in [3.63, 3.8) is 0 Å². The number of sulfonamides is 1. The Balaban J connectivity index is 2.28. The summed E-state index contributed by atoms with van der Waals surface area (Å²) in [6.45, 7) is 1.91. The van der Waals surface area contributed by atoms with Gasteiger partial charge in [-0.2, -0.15) is 4.31 Å². The van der Waals surface area contributed by atoms with Crippen LogP contribution in [0.1, 0.15) is 17.3 Å². The second kappa shape index (κ2) is 7.89. The van der Waals surface area contributed by atoms with Crippen LogP contribution in [0.5, 0.6) is 0 Å². The largest absolute Gasteiger partial charge is 0.466 e. The third-order valence-electron chi connectivity index (χ3n) is 3.57. The maximum Gasteiger partial charge on any atom is 0.346 e. The number of nitrogens with zero attached hydrogens (tertiary/aromatic N) is 1. The maximum absolute atomic E-state index is 14.1. The SMILES string of the molecule is COC(=O)[C@@H](C)OC(=O)c1ccc(F)c(S(=O)(=O)N2CCOCC2)c1. The summed E-state index contributed by atoms with van der Waals surface area (Å²) in [4.78, 5) is 22.7. The standard InChI is InChI=1S/C15H18FNO7S/c1-10(14(18)22-2)24-15(19)11-3-4-12(16)13(9-11)25(20,21)17-5-7-23-8-6-17/h3-4,9-10H,5-8H2,1-2H3/t10-/m1/s1. The molecule has 0 aliphatic carbocycles. The number of hydrogen-bond donors (Lipinski definition) is 0. The molecule has 0 bridgehead atoms. The van der Waals surface area contributed by atoms with Gasteiger partial charge in [0.15, 0.2) is 6.10 Å². The van der Waals surface area contributed by atoms with Gasteiger partial charge in [-0.25, -0.2) is 22.4 Å². The van der Waals surface area contributed by atoms with Gasteiger partial charge in [0.2, 0.25) is 10.0 Å². The van der Waals surface area contributed by atoms with E-state index in [2.05, 4.69) is 4.74 Å². The number of carbonyl (C=O) groups excluding carboxylic acids is 2. The highest BCUT2D eigenvalue weighted by molar-refractivity contribution is 7.89. The molecule has 1 aliphatic heterocycles. The van der Waals surface area contributed by atoms with Crippen molar-refractivity contribution in [2.24, 2.45) is 0 Å². The summed E-state index contributed by atoms with van der Waals surface area (Å²) in [6, 6.07) is 2.85. The number of halogens is 1. The number of methoxy groups -OCH3 is 1. The van der Waals surface area contributed by atoms with Crippen molar-refractivity contribution in [1.29, 1.82) is 0 Å². The van der Waals surface area contributed by atoms with E-state index >= 15 is 0 Å². The summed E-state index contributed by atoms with van der Waals surface area (Å²) >= 11 is 0. The summed E-state index contributed by atoms with van der Waals surface area (Å²) < 4.78 is 54.7. The van der Waals surface area contributed by atoms with Crippen molar-refractivity contribution < 1.29 is 36.6 Å². The van der Waals surface area contributed by atoms with Crippen molar-refractivity contribution >= 4 is 22.0 Å². The Morgan fingerprint density at radius 3 is 2.52 bits per heavy atom. The van der Waals surface area contributed by atoms with E-state index in [1.165, 1.54) is 6.92 Å². The molecule has 1 aromatic carbocycles. The molecule has 1 atom stereocenters. The third kappa shape index (κ3) is 4.33. The van der Waals surface area contributed by atoms with Gasteiger partial charge in [0.05, 0.1) is 25.9 Å². The van der Waals surface area contributed by atoms with Crippen molar-refractivity contribution in [3.8, 4) is 0 Å². The monoisotopic (exact) mass is 375 g/mol. The average Bonchev–Trinajstić information content (AvgIpc) is 2.61. The van der Waals surface area contributed by atoms with Crippen LogP contribution in [0.25, 0.3) is 0 Å². The molecule has 2 rings (SSSR count). The zero-order valence-electron chi connectivity index (χ0n) is 13.7. The molecule has 25 heavy (non-hydrogen) atoms. The van der Waals surface area contributed by atoms with E-state index in [0.29, 0.717) is 0 Å². The fourth-order valence-electron chi connectivity index (χ4n) is 2.20. The number of carbonyl (C=O) groups is 2. The van der Waals surface area contributed by atoms with Gasteiger partial charge in [0.1, 0.15) is 10.7 Å². The van der Waals surface area contributed by atoms with Crippen LogP contribution in [0.2, 0.25) is 0 Å². The Morgan fingerprint density at radius 2 is 1.92 bits per heavy atom. The zero-order chi connectivity index (χ0) is 18.6. The van der Waals surface area contributed by atoms with Crippen molar-refractivity contribution in [1.82, 2.24) is 4.31 Å². The summed E-state index contributed by atoms with van der Waals surface area (Å²) in [5.41, 5.74) is -0.191. The topological polar surface area (TPSA) is 99.2 Å². The first-order chi connectivity index (χ1) is 11.8. The Kier molecular flexibility index (Phi) is 6.09. The first-order valence-electron chi connectivity index (χ1n) is 7.43. The van der Waals surface area contributed by atoms with E-state index in [9.17, 15) is 22.4 Å². The average molecular weight is 375 g/mol. The molecule has 0 amide bonds. The number of benzene rings is 1. The number of hydrogen-bond acceptors (Lipinski definition) is 7. The number of esters is 2. The lowest BCUT2D eigenvalue weighted by Crippen LogP contribution is -2.41. The van der Waals surface area contributed by atoms with Crippen LogP contribution in [0.4, 0.5) is 4.39 Å². The van der Waals surface area contributed by atoms with Crippen LogP contribution < -0.4 is 0 Å². The number of morpholine rings is 1. The summed E-state index contributed by atoms with van der Waals surface area (Å²) in [7, 11) is -2.98. The van der Waals surface area contributed by atoms with Gasteiger partial charge >= 0.3 is 11.9 Å². The number of rotatable bonds is 5. The first-order valence-corrected chi connectivity index (χ1v) is 8.87. The van der Waals surface area contributed by atoms with Crippen LogP contribution in [-0.4, -0.2) is 64.2 Å². The fraction of sp³-hybridized carbons (Fsp3) is 0.467. The maximum atomic E-state index is 14.1. The quantitative estimate of drug-likeness (QED) is 0.694. The van der Waals surface area contributed by atoms with Crippen LogP contribution in [0.3, 0.4) is 0 Å². The second-order valence-electron chi connectivity index (χ2n) is 5.23. The van der Waals surface area contributed by atoms with Crippen LogP contribution in [0.15, 0.2) is 23.1 Å². The Labute approximate surface area is 144 Å². The normalized spacial score (nSPS) is 16.9. The third-order valence-corrected chi connectivity index (χ3v) is 5.49. The lowest BCUT2D eigenvalue weighted by Gasteiger charge is -2.26. The minimum atomic E-state index is -4.12. The van der Waals surface area contributed by atoms with Gasteiger partial charge in [-0.1, -0.05) is 0 Å². The molecule has 10 heteroatoms. The first kappa shape index (κ1) is 19.3. The van der Waals surface area contributed by atoms with E-state index in [4.69, 9.17) is 9.47 Å². The van der Waals surface area contributed by atoms with Crippen LogP contribution in [0, 0.1) is 5.82 Å². The second-order valence-corrected chi connectivity index (χ2v) is 7.14. The minimum absolute atomic E-state index is 0.0931. The van der Waals surface area contributed by atoms with Crippen LogP contribution >= 0.6 is 0 Å². The van der Waals surface area contributed by atoms with E-state index in [1.54, 1.807) is 0 Å². The molecule has 8 nitrogen and oxygen atoms in total. The highest BCUT2D eigenvalue weighted by atomic mass is 32.2. The highest BCUT2D eigenvalue weighted by Crippen LogP contribution is 2.22. The van der Waals surface area contributed by atoms with Gasteiger partial charge < -0.3 is 14.2 Å². The molecular formula is C15H18FNO7S. The molecule has 1 saturated heterocycles. The van der Waals surface area contributed by atoms with E-state index in [1.807, 2.05) is 0 Å². The summed E-state index contributed by atoms with van der Waals surface area (Å²) in [5, 5.41) is 0. The fourth-order valence-corrected chi connectivity index (χ4v) is 3.70. The number of ether oxygens (including phenoxy) is 3. The molecular weight excluding hydrogens is 357 g/mol. The molecule has 1 aliphatic rings. The van der Waals surface area contributed by atoms with Gasteiger partial charge in [-0.3, -0.25) is 0 Å². The van der Waals surface area contributed by atoms with Gasteiger partial charge in [-0.15, -0.1) is 0 Å². The highest BCUT2D eigenvalue weighted by Gasteiger charge is 2.30. The van der Waals surface area contributed by atoms with Crippen molar-refractivity contribution in [3.05, 3.63) is 29.6 Å². The minimum Gasteiger partial charge on any atom is -0.466 e. The predicted molar refractivity (Wildman–Crippen MR) is 82.9 cm³/mol. The molecule has 0 N–H and O–H groups in total. The molecule has 0 aromatic heterocycles.